The number of anilines is 1. The van der Waals surface area contributed by atoms with E-state index in [1.807, 2.05) is 30.3 Å². The summed E-state index contributed by atoms with van der Waals surface area (Å²) in [5.41, 5.74) is 10.2. The predicted octanol–water partition coefficient (Wildman–Crippen LogP) is 2.51. The van der Waals surface area contributed by atoms with E-state index < -0.39 is 11.6 Å². The summed E-state index contributed by atoms with van der Waals surface area (Å²) in [6, 6.07) is 12.6. The Kier molecular flexibility index (Phi) is 3.61. The molecule has 0 amide bonds. The molecule has 0 saturated carbocycles. The lowest BCUT2D eigenvalue weighted by molar-refractivity contribution is 0.508. The third-order valence-corrected chi connectivity index (χ3v) is 2.99. The van der Waals surface area contributed by atoms with E-state index in [9.17, 15) is 8.78 Å². The van der Waals surface area contributed by atoms with Crippen molar-refractivity contribution in [3.05, 3.63) is 65.7 Å². The van der Waals surface area contributed by atoms with E-state index in [-0.39, 0.29) is 17.3 Å². The molecule has 0 spiro atoms. The van der Waals surface area contributed by atoms with Crippen molar-refractivity contribution in [3.8, 4) is 0 Å². The summed E-state index contributed by atoms with van der Waals surface area (Å²) in [5, 5.41) is 11.8. The Morgan fingerprint density at radius 1 is 0.955 bits per heavy atom. The smallest absolute Gasteiger partial charge is 0.176 e. The van der Waals surface area contributed by atoms with Crippen LogP contribution < -0.4 is 11.2 Å². The van der Waals surface area contributed by atoms with Crippen LogP contribution in [-0.4, -0.2) is 17.3 Å². The molecule has 5 nitrogen and oxygen atoms in total. The Labute approximate surface area is 124 Å². The Balaban J connectivity index is 1.90. The highest BCUT2D eigenvalue weighted by molar-refractivity contribution is 6.72. The zero-order chi connectivity index (χ0) is 15.5. The van der Waals surface area contributed by atoms with Gasteiger partial charge in [0.05, 0.1) is 5.69 Å². The maximum Gasteiger partial charge on any atom is 0.176 e. The Hall–Kier alpha value is -3.09. The average Bonchev–Trinajstić information content (AvgIpc) is 2.90. The van der Waals surface area contributed by atoms with Gasteiger partial charge in [-0.1, -0.05) is 18.2 Å². The zero-order valence-corrected chi connectivity index (χ0v) is 11.3. The van der Waals surface area contributed by atoms with Crippen LogP contribution in [0, 0.1) is 11.6 Å². The molecule has 7 heteroatoms. The molecule has 110 valence electrons. The SMILES string of the molecule is NC1=NN=C(c2ccc(F)c(F)c2)/C1=N\Nc1ccccc1. The molecular formula is C15H11F2N5. The summed E-state index contributed by atoms with van der Waals surface area (Å²) in [5.74, 6) is -1.80. The van der Waals surface area contributed by atoms with E-state index in [4.69, 9.17) is 5.73 Å². The van der Waals surface area contributed by atoms with Crippen molar-refractivity contribution in [3.63, 3.8) is 0 Å². The highest BCUT2D eigenvalue weighted by Gasteiger charge is 2.22. The van der Waals surface area contributed by atoms with E-state index in [0.717, 1.165) is 17.8 Å². The molecule has 2 aromatic carbocycles. The molecule has 0 unspecified atom stereocenters. The minimum Gasteiger partial charge on any atom is -0.380 e. The first-order valence-corrected chi connectivity index (χ1v) is 6.41. The van der Waals surface area contributed by atoms with Crippen molar-refractivity contribution in [1.29, 1.82) is 0 Å². The molecule has 2 aromatic rings. The van der Waals surface area contributed by atoms with E-state index in [2.05, 4.69) is 20.7 Å². The maximum atomic E-state index is 13.4. The molecular weight excluding hydrogens is 288 g/mol. The molecule has 1 aliphatic heterocycles. The molecule has 1 aliphatic rings. The summed E-state index contributed by atoms with van der Waals surface area (Å²) in [6.07, 6.45) is 0. The van der Waals surface area contributed by atoms with Crippen LogP contribution in [0.4, 0.5) is 14.5 Å². The van der Waals surface area contributed by atoms with Gasteiger partial charge >= 0.3 is 0 Å². The largest absolute Gasteiger partial charge is 0.380 e. The van der Waals surface area contributed by atoms with Crippen molar-refractivity contribution in [2.24, 2.45) is 21.0 Å². The van der Waals surface area contributed by atoms with Crippen LogP contribution in [-0.2, 0) is 0 Å². The first kappa shape index (κ1) is 13.9. The van der Waals surface area contributed by atoms with Crippen LogP contribution in [0.25, 0.3) is 0 Å². The molecule has 3 N–H and O–H groups in total. The first-order valence-electron chi connectivity index (χ1n) is 6.41. The van der Waals surface area contributed by atoms with Crippen LogP contribution in [0.15, 0.2) is 63.8 Å². The third kappa shape index (κ3) is 2.69. The minimum absolute atomic E-state index is 0.100. The van der Waals surface area contributed by atoms with Gasteiger partial charge < -0.3 is 5.73 Å². The van der Waals surface area contributed by atoms with E-state index in [0.29, 0.717) is 5.56 Å². The van der Waals surface area contributed by atoms with Crippen LogP contribution in [0.3, 0.4) is 0 Å². The number of hydrogen-bond donors (Lipinski definition) is 2. The first-order chi connectivity index (χ1) is 10.6. The van der Waals surface area contributed by atoms with Gasteiger partial charge in [0, 0.05) is 5.56 Å². The van der Waals surface area contributed by atoms with Crippen LogP contribution in [0.5, 0.6) is 0 Å². The highest BCUT2D eigenvalue weighted by Crippen LogP contribution is 2.14. The van der Waals surface area contributed by atoms with Gasteiger partial charge in [0.25, 0.3) is 0 Å². The third-order valence-electron chi connectivity index (χ3n) is 2.99. The molecule has 0 fully saturated rings. The second-order valence-electron chi connectivity index (χ2n) is 4.50. The molecule has 22 heavy (non-hydrogen) atoms. The van der Waals surface area contributed by atoms with Crippen LogP contribution >= 0.6 is 0 Å². The van der Waals surface area contributed by atoms with Crippen molar-refractivity contribution in [2.45, 2.75) is 0 Å². The van der Waals surface area contributed by atoms with Gasteiger partial charge in [-0.2, -0.15) is 5.10 Å². The van der Waals surface area contributed by atoms with Gasteiger partial charge in [0.2, 0.25) is 0 Å². The van der Waals surface area contributed by atoms with Crippen molar-refractivity contribution >= 4 is 22.9 Å². The number of para-hydroxylation sites is 1. The average molecular weight is 299 g/mol. The summed E-state index contributed by atoms with van der Waals surface area (Å²) in [4.78, 5) is 0. The zero-order valence-electron chi connectivity index (χ0n) is 11.3. The Morgan fingerprint density at radius 3 is 2.45 bits per heavy atom. The van der Waals surface area contributed by atoms with Gasteiger partial charge in [-0.05, 0) is 30.3 Å². The quantitative estimate of drug-likeness (QED) is 0.854. The second-order valence-corrected chi connectivity index (χ2v) is 4.50. The lowest BCUT2D eigenvalue weighted by Crippen LogP contribution is -2.28. The van der Waals surface area contributed by atoms with Crippen molar-refractivity contribution in [2.75, 3.05) is 5.43 Å². The van der Waals surface area contributed by atoms with Gasteiger partial charge in [-0.25, -0.2) is 8.78 Å². The number of amidine groups is 1. The van der Waals surface area contributed by atoms with Gasteiger partial charge in [-0.15, -0.1) is 10.2 Å². The number of rotatable bonds is 3. The molecule has 0 aliphatic carbocycles. The number of nitrogens with one attached hydrogen (secondary N) is 1. The molecule has 3 rings (SSSR count). The summed E-state index contributed by atoms with van der Waals surface area (Å²) < 4.78 is 26.4. The number of hydrogen-bond acceptors (Lipinski definition) is 5. The van der Waals surface area contributed by atoms with Gasteiger partial charge in [-0.3, -0.25) is 5.43 Å². The normalized spacial score (nSPS) is 15.6. The summed E-state index contributed by atoms with van der Waals surface area (Å²) >= 11 is 0. The van der Waals surface area contributed by atoms with Crippen molar-refractivity contribution in [1.82, 2.24) is 0 Å². The minimum atomic E-state index is -0.971. The van der Waals surface area contributed by atoms with E-state index in [1.54, 1.807) is 0 Å². The monoisotopic (exact) mass is 299 g/mol. The number of hydrazone groups is 1. The molecule has 0 bridgehead atoms. The topological polar surface area (TPSA) is 75.1 Å². The van der Waals surface area contributed by atoms with E-state index >= 15 is 0 Å². The standard InChI is InChI=1S/C15H11F2N5/c16-11-7-6-9(8-12(11)17)13-14(15(18)22-20-13)21-19-10-4-2-1-3-5-10/h1-8,19H,(H2,18,21,22). The fraction of sp³-hybridized carbons (Fsp3) is 0. The van der Waals surface area contributed by atoms with Gasteiger partial charge in [0.1, 0.15) is 5.71 Å². The number of halogens is 2. The highest BCUT2D eigenvalue weighted by atomic mass is 19.2. The number of benzene rings is 2. The molecule has 0 atom stereocenters. The lowest BCUT2D eigenvalue weighted by atomic mass is 10.1. The summed E-state index contributed by atoms with van der Waals surface area (Å²) in [7, 11) is 0. The Morgan fingerprint density at radius 2 is 1.73 bits per heavy atom. The number of nitrogens with two attached hydrogens (primary N) is 1. The fourth-order valence-electron chi connectivity index (χ4n) is 1.90. The van der Waals surface area contributed by atoms with Gasteiger partial charge in [0.15, 0.2) is 23.2 Å². The predicted molar refractivity (Wildman–Crippen MR) is 82.0 cm³/mol. The van der Waals surface area contributed by atoms with Crippen LogP contribution in [0.1, 0.15) is 5.56 Å². The lowest BCUT2D eigenvalue weighted by Gasteiger charge is -2.05. The summed E-state index contributed by atoms with van der Waals surface area (Å²) in [6.45, 7) is 0. The van der Waals surface area contributed by atoms with Crippen molar-refractivity contribution < 1.29 is 8.78 Å². The molecule has 0 saturated heterocycles. The molecule has 1 heterocycles. The van der Waals surface area contributed by atoms with Crippen LogP contribution in [0.2, 0.25) is 0 Å². The fourth-order valence-corrected chi connectivity index (χ4v) is 1.90. The van der Waals surface area contributed by atoms with E-state index in [1.165, 1.54) is 6.07 Å². The number of nitrogens with zero attached hydrogens (tertiary/aromatic N) is 3. The second kappa shape index (κ2) is 5.72. The molecule has 0 radical (unpaired) electrons. The molecule has 0 aromatic heterocycles. The maximum absolute atomic E-state index is 13.4. The Bertz CT molecular complexity index is 797.